The fourth-order valence-electron chi connectivity index (χ4n) is 1.31. The average Bonchev–Trinajstić information content (AvgIpc) is 2.64. The molecule has 1 aliphatic rings. The summed E-state index contributed by atoms with van der Waals surface area (Å²) in [6, 6.07) is 0.598. The monoisotopic (exact) mass is 205 g/mol. The average molecular weight is 205 g/mol. The molecular formula is C9H19NO2S. The lowest BCUT2D eigenvalue weighted by Gasteiger charge is -2.15. The molecule has 4 heteroatoms. The minimum atomic E-state index is -0.356. The van der Waals surface area contributed by atoms with Gasteiger partial charge in [0.15, 0.2) is 0 Å². The van der Waals surface area contributed by atoms with Gasteiger partial charge in [-0.2, -0.15) is 11.8 Å². The van der Waals surface area contributed by atoms with E-state index in [1.54, 1.807) is 0 Å². The molecule has 0 aromatic rings. The van der Waals surface area contributed by atoms with Gasteiger partial charge in [0.05, 0.1) is 12.7 Å². The molecule has 1 aliphatic heterocycles. The Morgan fingerprint density at radius 1 is 1.69 bits per heavy atom. The Morgan fingerprint density at radius 3 is 3.15 bits per heavy atom. The first kappa shape index (κ1) is 11.3. The van der Waals surface area contributed by atoms with Gasteiger partial charge in [-0.1, -0.05) is 0 Å². The van der Waals surface area contributed by atoms with Crippen molar-refractivity contribution in [3.05, 3.63) is 0 Å². The van der Waals surface area contributed by atoms with E-state index in [-0.39, 0.29) is 6.10 Å². The largest absolute Gasteiger partial charge is 0.389 e. The molecule has 0 aliphatic carbocycles. The molecule has 1 rings (SSSR count). The highest BCUT2D eigenvalue weighted by molar-refractivity contribution is 7.99. The van der Waals surface area contributed by atoms with Gasteiger partial charge in [-0.05, 0) is 19.1 Å². The van der Waals surface area contributed by atoms with E-state index in [9.17, 15) is 5.11 Å². The van der Waals surface area contributed by atoms with Crippen LogP contribution >= 0.6 is 11.8 Å². The first-order valence-electron chi connectivity index (χ1n) is 4.90. The highest BCUT2D eigenvalue weighted by Gasteiger charge is 2.15. The Balaban J connectivity index is 1.97. The summed E-state index contributed by atoms with van der Waals surface area (Å²) in [4.78, 5) is 0. The van der Waals surface area contributed by atoms with Crippen molar-refractivity contribution in [2.75, 3.05) is 31.3 Å². The number of ether oxygens (including phenoxy) is 1. The van der Waals surface area contributed by atoms with E-state index >= 15 is 0 Å². The molecule has 1 heterocycles. The molecule has 1 fully saturated rings. The second-order valence-corrected chi connectivity index (χ2v) is 4.43. The number of hydrogen-bond acceptors (Lipinski definition) is 4. The van der Waals surface area contributed by atoms with Gasteiger partial charge in [0.25, 0.3) is 0 Å². The van der Waals surface area contributed by atoms with Gasteiger partial charge in [0, 0.05) is 24.9 Å². The summed E-state index contributed by atoms with van der Waals surface area (Å²) in [5.74, 6) is 2.43. The maximum absolute atomic E-state index is 9.45. The molecule has 0 spiro atoms. The number of aliphatic hydroxyl groups excluding tert-OH is 1. The summed E-state index contributed by atoms with van der Waals surface area (Å²) in [5, 5.41) is 12.8. The highest BCUT2D eigenvalue weighted by Crippen LogP contribution is 2.16. The van der Waals surface area contributed by atoms with Crippen molar-refractivity contribution < 1.29 is 9.84 Å². The van der Waals surface area contributed by atoms with E-state index in [0.29, 0.717) is 25.8 Å². The van der Waals surface area contributed by atoms with Gasteiger partial charge in [-0.25, -0.2) is 0 Å². The van der Waals surface area contributed by atoms with Crippen molar-refractivity contribution in [1.29, 1.82) is 0 Å². The van der Waals surface area contributed by atoms with Crippen LogP contribution in [0.1, 0.15) is 13.3 Å². The fourth-order valence-corrected chi connectivity index (χ4v) is 2.50. The summed E-state index contributed by atoms with van der Waals surface area (Å²) in [5.41, 5.74) is 0. The molecule has 2 N–H and O–H groups in total. The molecular weight excluding hydrogens is 186 g/mol. The van der Waals surface area contributed by atoms with E-state index in [4.69, 9.17) is 4.74 Å². The van der Waals surface area contributed by atoms with Crippen molar-refractivity contribution in [3.8, 4) is 0 Å². The standard InChI is InChI=1S/C9H19NO2S/c1-2-12-6-9(11)5-10-8-3-4-13-7-8/h8-11H,2-7H2,1H3. The molecule has 0 aromatic carbocycles. The van der Waals surface area contributed by atoms with Crippen molar-refractivity contribution >= 4 is 11.8 Å². The first-order chi connectivity index (χ1) is 6.33. The predicted octanol–water partition coefficient (Wildman–Crippen LogP) is 0.479. The summed E-state index contributed by atoms with van der Waals surface area (Å²) in [6.45, 7) is 3.72. The lowest BCUT2D eigenvalue weighted by atomic mass is 10.2. The van der Waals surface area contributed by atoms with E-state index in [0.717, 1.165) is 0 Å². The topological polar surface area (TPSA) is 41.5 Å². The lowest BCUT2D eigenvalue weighted by molar-refractivity contribution is 0.0418. The van der Waals surface area contributed by atoms with Crippen LogP contribution in [-0.4, -0.2) is 48.5 Å². The second kappa shape index (κ2) is 6.65. The highest BCUT2D eigenvalue weighted by atomic mass is 32.2. The van der Waals surface area contributed by atoms with Crippen molar-refractivity contribution in [3.63, 3.8) is 0 Å². The second-order valence-electron chi connectivity index (χ2n) is 3.28. The zero-order valence-electron chi connectivity index (χ0n) is 8.16. The third-order valence-corrected chi connectivity index (χ3v) is 3.25. The van der Waals surface area contributed by atoms with Crippen molar-refractivity contribution in [1.82, 2.24) is 5.32 Å². The number of thioether (sulfide) groups is 1. The van der Waals surface area contributed by atoms with Crippen LogP contribution in [-0.2, 0) is 4.74 Å². The summed E-state index contributed by atoms with van der Waals surface area (Å²) >= 11 is 1.98. The van der Waals surface area contributed by atoms with E-state index in [2.05, 4.69) is 5.32 Å². The van der Waals surface area contributed by atoms with Crippen LogP contribution in [0.2, 0.25) is 0 Å². The SMILES string of the molecule is CCOCC(O)CNC1CCSC1. The molecule has 0 bridgehead atoms. The molecule has 2 atom stereocenters. The van der Waals surface area contributed by atoms with Gasteiger partial charge in [0.2, 0.25) is 0 Å². The van der Waals surface area contributed by atoms with Gasteiger partial charge in [0.1, 0.15) is 0 Å². The predicted molar refractivity (Wildman–Crippen MR) is 56.2 cm³/mol. The van der Waals surface area contributed by atoms with Gasteiger partial charge < -0.3 is 15.2 Å². The van der Waals surface area contributed by atoms with Crippen molar-refractivity contribution in [2.45, 2.75) is 25.5 Å². The molecule has 3 nitrogen and oxygen atoms in total. The minimum absolute atomic E-state index is 0.356. The van der Waals surface area contributed by atoms with Gasteiger partial charge >= 0.3 is 0 Å². The van der Waals surface area contributed by atoms with E-state index in [1.807, 2.05) is 18.7 Å². The number of hydrogen-bond donors (Lipinski definition) is 2. The van der Waals surface area contributed by atoms with Crippen LogP contribution in [0.5, 0.6) is 0 Å². The Labute approximate surface area is 84.2 Å². The lowest BCUT2D eigenvalue weighted by Crippen LogP contribution is -2.37. The Hall–Kier alpha value is 0.230. The maximum atomic E-state index is 9.45. The Kier molecular flexibility index (Phi) is 5.78. The third-order valence-electron chi connectivity index (χ3n) is 2.09. The first-order valence-corrected chi connectivity index (χ1v) is 6.05. The van der Waals surface area contributed by atoms with Crippen molar-refractivity contribution in [2.24, 2.45) is 0 Å². The number of aliphatic hydroxyl groups is 1. The quantitative estimate of drug-likeness (QED) is 0.662. The molecule has 13 heavy (non-hydrogen) atoms. The van der Waals surface area contributed by atoms with Crippen LogP contribution in [0.25, 0.3) is 0 Å². The normalized spacial score (nSPS) is 24.9. The van der Waals surface area contributed by atoms with E-state index in [1.165, 1.54) is 17.9 Å². The van der Waals surface area contributed by atoms with E-state index < -0.39 is 0 Å². The van der Waals surface area contributed by atoms with Gasteiger partial charge in [-0.15, -0.1) is 0 Å². The molecule has 1 saturated heterocycles. The van der Waals surface area contributed by atoms with Crippen LogP contribution in [0.3, 0.4) is 0 Å². The summed E-state index contributed by atoms with van der Waals surface area (Å²) in [6.07, 6.45) is 0.872. The Morgan fingerprint density at radius 2 is 2.54 bits per heavy atom. The molecule has 0 aromatic heterocycles. The van der Waals surface area contributed by atoms with Crippen LogP contribution in [0.15, 0.2) is 0 Å². The van der Waals surface area contributed by atoms with Crippen LogP contribution in [0.4, 0.5) is 0 Å². The smallest absolute Gasteiger partial charge is 0.0897 e. The zero-order valence-corrected chi connectivity index (χ0v) is 8.98. The molecule has 78 valence electrons. The maximum Gasteiger partial charge on any atom is 0.0897 e. The summed E-state index contributed by atoms with van der Waals surface area (Å²) in [7, 11) is 0. The molecule has 0 radical (unpaired) electrons. The van der Waals surface area contributed by atoms with Crippen LogP contribution < -0.4 is 5.32 Å². The minimum Gasteiger partial charge on any atom is -0.389 e. The number of nitrogens with one attached hydrogen (secondary N) is 1. The zero-order chi connectivity index (χ0) is 9.52. The Bertz CT molecular complexity index is 129. The molecule has 0 amide bonds. The molecule has 0 saturated carbocycles. The summed E-state index contributed by atoms with van der Waals surface area (Å²) < 4.78 is 5.12. The molecule has 2 unspecified atom stereocenters. The third kappa shape index (κ3) is 4.86. The fraction of sp³-hybridized carbons (Fsp3) is 1.00. The van der Waals surface area contributed by atoms with Crippen LogP contribution in [0, 0.1) is 0 Å². The van der Waals surface area contributed by atoms with Gasteiger partial charge in [-0.3, -0.25) is 0 Å². The number of rotatable bonds is 6.